The lowest BCUT2D eigenvalue weighted by atomic mass is 10.2. The molecule has 0 atom stereocenters. The summed E-state index contributed by atoms with van der Waals surface area (Å²) in [6, 6.07) is 10.1. The summed E-state index contributed by atoms with van der Waals surface area (Å²) < 4.78 is 12.8. The molecule has 0 heterocycles. The Labute approximate surface area is 126 Å². The van der Waals surface area contributed by atoms with Crippen LogP contribution in [0.2, 0.25) is 0 Å². The quantitative estimate of drug-likeness (QED) is 0.531. The monoisotopic (exact) mass is 300 g/mol. The Hall–Kier alpha value is -3.02. The number of nitrogens with one attached hydrogen (secondary N) is 1. The number of carbonyl (C=O) groups excluding carboxylic acids is 1. The van der Waals surface area contributed by atoms with E-state index in [1.165, 1.54) is 42.5 Å². The number of hydrogen-bond acceptors (Lipinski definition) is 3. The van der Waals surface area contributed by atoms with Crippen LogP contribution in [0.5, 0.6) is 0 Å². The first-order valence-corrected chi connectivity index (χ1v) is 6.45. The molecular formula is C16H13FN2O3. The van der Waals surface area contributed by atoms with Crippen LogP contribution in [-0.4, -0.2) is 10.8 Å². The Kier molecular flexibility index (Phi) is 4.63. The molecule has 0 saturated carbocycles. The number of aryl methyl sites for hydroxylation is 1. The molecule has 0 aliphatic carbocycles. The van der Waals surface area contributed by atoms with Gasteiger partial charge in [-0.3, -0.25) is 14.9 Å². The van der Waals surface area contributed by atoms with E-state index < -0.39 is 10.8 Å². The second-order valence-corrected chi connectivity index (χ2v) is 4.63. The maximum atomic E-state index is 12.8. The first kappa shape index (κ1) is 15.4. The van der Waals surface area contributed by atoms with E-state index in [1.54, 1.807) is 19.1 Å². The fraction of sp³-hybridized carbons (Fsp3) is 0.0625. The van der Waals surface area contributed by atoms with E-state index in [-0.39, 0.29) is 11.5 Å². The van der Waals surface area contributed by atoms with E-state index in [0.29, 0.717) is 16.8 Å². The Balaban J connectivity index is 2.07. The summed E-state index contributed by atoms with van der Waals surface area (Å²) in [6.45, 7) is 1.62. The Bertz CT molecular complexity index is 740. The fourth-order valence-electron chi connectivity index (χ4n) is 1.81. The van der Waals surface area contributed by atoms with Crippen molar-refractivity contribution >= 4 is 23.4 Å². The number of nitrogens with zero attached hydrogens (tertiary/aromatic N) is 1. The van der Waals surface area contributed by atoms with Gasteiger partial charge in [-0.2, -0.15) is 0 Å². The highest BCUT2D eigenvalue weighted by atomic mass is 19.1. The minimum atomic E-state index is -0.501. The summed E-state index contributed by atoms with van der Waals surface area (Å²) >= 11 is 0. The summed E-state index contributed by atoms with van der Waals surface area (Å²) in [6.07, 6.45) is 2.80. The van der Waals surface area contributed by atoms with Gasteiger partial charge in [-0.15, -0.1) is 0 Å². The van der Waals surface area contributed by atoms with Crippen LogP contribution in [-0.2, 0) is 4.79 Å². The zero-order chi connectivity index (χ0) is 16.1. The van der Waals surface area contributed by atoms with E-state index in [4.69, 9.17) is 0 Å². The predicted molar refractivity (Wildman–Crippen MR) is 81.9 cm³/mol. The van der Waals surface area contributed by atoms with Gasteiger partial charge in [0.1, 0.15) is 5.82 Å². The van der Waals surface area contributed by atoms with E-state index >= 15 is 0 Å². The van der Waals surface area contributed by atoms with Crippen LogP contribution in [0.25, 0.3) is 6.08 Å². The van der Waals surface area contributed by atoms with Crippen LogP contribution in [0.4, 0.5) is 15.8 Å². The van der Waals surface area contributed by atoms with Crippen molar-refractivity contribution in [1.82, 2.24) is 0 Å². The van der Waals surface area contributed by atoms with Gasteiger partial charge in [0.15, 0.2) is 0 Å². The molecule has 2 rings (SSSR count). The first-order valence-electron chi connectivity index (χ1n) is 6.45. The van der Waals surface area contributed by atoms with Crippen molar-refractivity contribution in [2.75, 3.05) is 5.32 Å². The summed E-state index contributed by atoms with van der Waals surface area (Å²) in [5.74, 6) is -0.781. The molecule has 1 N–H and O–H groups in total. The Morgan fingerprint density at radius 3 is 2.55 bits per heavy atom. The summed E-state index contributed by atoms with van der Waals surface area (Å²) in [4.78, 5) is 22.1. The first-order chi connectivity index (χ1) is 10.5. The van der Waals surface area contributed by atoms with Gasteiger partial charge in [0.05, 0.1) is 4.92 Å². The van der Waals surface area contributed by atoms with Gasteiger partial charge in [0, 0.05) is 23.4 Å². The van der Waals surface area contributed by atoms with Crippen molar-refractivity contribution in [2.24, 2.45) is 0 Å². The molecule has 0 bridgehead atoms. The number of rotatable bonds is 4. The van der Waals surface area contributed by atoms with Gasteiger partial charge in [-0.05, 0) is 36.8 Å². The smallest absolute Gasteiger partial charge is 0.274 e. The molecule has 2 aromatic rings. The standard InChI is InChI=1S/C16H13FN2O3/c1-11-2-8-14(10-15(11)19(21)22)18-16(20)9-5-12-3-6-13(17)7-4-12/h2-10H,1H3,(H,18,20). The second-order valence-electron chi connectivity index (χ2n) is 4.63. The number of nitro groups is 1. The number of nitro benzene ring substituents is 1. The Morgan fingerprint density at radius 1 is 1.23 bits per heavy atom. The molecule has 0 aromatic heterocycles. The highest BCUT2D eigenvalue weighted by Gasteiger charge is 2.11. The minimum absolute atomic E-state index is 0.0553. The van der Waals surface area contributed by atoms with Crippen molar-refractivity contribution < 1.29 is 14.1 Å². The zero-order valence-corrected chi connectivity index (χ0v) is 11.7. The third-order valence-electron chi connectivity index (χ3n) is 2.97. The van der Waals surface area contributed by atoms with Crippen LogP contribution >= 0.6 is 0 Å². The van der Waals surface area contributed by atoms with Crippen LogP contribution in [0, 0.1) is 22.9 Å². The predicted octanol–water partition coefficient (Wildman–Crippen LogP) is 3.69. The molecule has 2 aromatic carbocycles. The highest BCUT2D eigenvalue weighted by Crippen LogP contribution is 2.22. The highest BCUT2D eigenvalue weighted by molar-refractivity contribution is 6.02. The molecule has 0 saturated heterocycles. The van der Waals surface area contributed by atoms with E-state index in [2.05, 4.69) is 5.32 Å². The summed E-state index contributed by atoms with van der Waals surface area (Å²) in [7, 11) is 0. The molecule has 0 unspecified atom stereocenters. The number of hydrogen-bond donors (Lipinski definition) is 1. The minimum Gasteiger partial charge on any atom is -0.322 e. The van der Waals surface area contributed by atoms with Gasteiger partial charge in [0.25, 0.3) is 5.69 Å². The third-order valence-corrected chi connectivity index (χ3v) is 2.97. The molecule has 112 valence electrons. The number of amides is 1. The molecule has 0 spiro atoms. The Morgan fingerprint density at radius 2 is 1.91 bits per heavy atom. The van der Waals surface area contributed by atoms with Gasteiger partial charge in [-0.1, -0.05) is 18.2 Å². The van der Waals surface area contributed by atoms with Gasteiger partial charge in [0.2, 0.25) is 5.91 Å². The lowest BCUT2D eigenvalue weighted by molar-refractivity contribution is -0.385. The van der Waals surface area contributed by atoms with E-state index in [9.17, 15) is 19.3 Å². The van der Waals surface area contributed by atoms with Gasteiger partial charge in [-0.25, -0.2) is 4.39 Å². The third kappa shape index (κ3) is 3.99. The molecule has 0 aliphatic heterocycles. The van der Waals surface area contributed by atoms with Crippen molar-refractivity contribution in [3.8, 4) is 0 Å². The van der Waals surface area contributed by atoms with Crippen molar-refractivity contribution in [2.45, 2.75) is 6.92 Å². The van der Waals surface area contributed by atoms with Crippen molar-refractivity contribution in [1.29, 1.82) is 0 Å². The molecule has 0 fully saturated rings. The normalized spacial score (nSPS) is 10.6. The fourth-order valence-corrected chi connectivity index (χ4v) is 1.81. The number of benzene rings is 2. The summed E-state index contributed by atoms with van der Waals surface area (Å²) in [5.41, 5.74) is 1.47. The maximum Gasteiger partial charge on any atom is 0.274 e. The number of carbonyl (C=O) groups is 1. The summed E-state index contributed by atoms with van der Waals surface area (Å²) in [5, 5.41) is 13.4. The van der Waals surface area contributed by atoms with E-state index in [0.717, 1.165) is 0 Å². The van der Waals surface area contributed by atoms with Crippen LogP contribution in [0.15, 0.2) is 48.5 Å². The van der Waals surface area contributed by atoms with Crippen LogP contribution < -0.4 is 5.32 Å². The second kappa shape index (κ2) is 6.62. The topological polar surface area (TPSA) is 72.2 Å². The van der Waals surface area contributed by atoms with Crippen molar-refractivity contribution in [3.05, 3.63) is 75.6 Å². The average Bonchev–Trinajstić information content (AvgIpc) is 2.48. The molecule has 22 heavy (non-hydrogen) atoms. The number of anilines is 1. The van der Waals surface area contributed by atoms with Gasteiger partial charge >= 0.3 is 0 Å². The van der Waals surface area contributed by atoms with E-state index in [1.807, 2.05) is 0 Å². The van der Waals surface area contributed by atoms with Gasteiger partial charge < -0.3 is 5.32 Å². The molecule has 0 radical (unpaired) electrons. The molecule has 5 nitrogen and oxygen atoms in total. The molecular weight excluding hydrogens is 287 g/mol. The molecule has 1 amide bonds. The maximum absolute atomic E-state index is 12.8. The lowest BCUT2D eigenvalue weighted by Crippen LogP contribution is -2.08. The lowest BCUT2D eigenvalue weighted by Gasteiger charge is -2.03. The van der Waals surface area contributed by atoms with Crippen LogP contribution in [0.3, 0.4) is 0 Å². The SMILES string of the molecule is Cc1ccc(NC(=O)C=Cc2ccc(F)cc2)cc1[N+](=O)[O-]. The van der Waals surface area contributed by atoms with Crippen molar-refractivity contribution in [3.63, 3.8) is 0 Å². The number of halogens is 1. The van der Waals surface area contributed by atoms with Crippen LogP contribution in [0.1, 0.15) is 11.1 Å². The average molecular weight is 300 g/mol. The molecule has 6 heteroatoms. The zero-order valence-electron chi connectivity index (χ0n) is 11.7. The largest absolute Gasteiger partial charge is 0.322 e. The molecule has 0 aliphatic rings.